The lowest BCUT2D eigenvalue weighted by atomic mass is 10.2. The van der Waals surface area contributed by atoms with Gasteiger partial charge < -0.3 is 11.1 Å². The molecule has 0 spiro atoms. The first-order valence-electron chi connectivity index (χ1n) is 4.94. The number of hydrogen-bond donors (Lipinski definition) is 2. The van der Waals surface area contributed by atoms with Crippen LogP contribution >= 0.6 is 39.1 Å². The summed E-state index contributed by atoms with van der Waals surface area (Å²) in [4.78, 5) is 0. The smallest absolute Gasteiger partial charge is 0.160 e. The molecule has 0 aliphatic rings. The van der Waals surface area contributed by atoms with Crippen LogP contribution in [0, 0.1) is 5.82 Å². The number of nitrogens with two attached hydrogens (primary N) is 1. The zero-order chi connectivity index (χ0) is 13.3. The van der Waals surface area contributed by atoms with Crippen LogP contribution < -0.4 is 11.1 Å². The minimum absolute atomic E-state index is 0.0410. The van der Waals surface area contributed by atoms with Crippen molar-refractivity contribution in [3.63, 3.8) is 0 Å². The van der Waals surface area contributed by atoms with Gasteiger partial charge in [0.2, 0.25) is 0 Å². The van der Waals surface area contributed by atoms with Crippen molar-refractivity contribution in [2.75, 3.05) is 11.1 Å². The Bertz CT molecular complexity index is 582. The molecule has 0 unspecified atom stereocenters. The Kier molecular flexibility index (Phi) is 4.00. The maximum Gasteiger partial charge on any atom is 0.160 e. The summed E-state index contributed by atoms with van der Waals surface area (Å²) >= 11 is 14.7. The van der Waals surface area contributed by atoms with Gasteiger partial charge in [-0.25, -0.2) is 4.39 Å². The summed E-state index contributed by atoms with van der Waals surface area (Å²) < 4.78 is 14.1. The average Bonchev–Trinajstić information content (AvgIpc) is 2.29. The summed E-state index contributed by atoms with van der Waals surface area (Å²) in [6.45, 7) is 0. The number of halogens is 4. The fourth-order valence-electron chi connectivity index (χ4n) is 1.43. The molecule has 2 aromatic carbocycles. The molecule has 18 heavy (non-hydrogen) atoms. The molecule has 3 N–H and O–H groups in total. The summed E-state index contributed by atoms with van der Waals surface area (Å²) in [6, 6.07) is 8.29. The van der Waals surface area contributed by atoms with Crippen LogP contribution in [0.4, 0.5) is 21.5 Å². The molecule has 0 heterocycles. The Labute approximate surface area is 122 Å². The predicted octanol–water partition coefficient (Wildman–Crippen LogP) is 5.22. The molecule has 0 aliphatic heterocycles. The molecule has 0 saturated heterocycles. The second kappa shape index (κ2) is 5.34. The van der Waals surface area contributed by atoms with E-state index in [0.717, 1.165) is 4.47 Å². The van der Waals surface area contributed by atoms with Crippen molar-refractivity contribution >= 4 is 56.2 Å². The zero-order valence-corrected chi connectivity index (χ0v) is 12.1. The van der Waals surface area contributed by atoms with Crippen molar-refractivity contribution in [1.29, 1.82) is 0 Å². The van der Waals surface area contributed by atoms with Gasteiger partial charge in [0.05, 0.1) is 21.4 Å². The van der Waals surface area contributed by atoms with E-state index in [1.165, 1.54) is 12.1 Å². The number of nitrogens with one attached hydrogen (secondary N) is 1. The molecule has 6 heteroatoms. The van der Waals surface area contributed by atoms with Gasteiger partial charge in [-0.15, -0.1) is 0 Å². The van der Waals surface area contributed by atoms with Gasteiger partial charge in [0.25, 0.3) is 0 Å². The van der Waals surface area contributed by atoms with Crippen molar-refractivity contribution in [2.24, 2.45) is 0 Å². The lowest BCUT2D eigenvalue weighted by Gasteiger charge is -2.11. The number of anilines is 3. The Morgan fingerprint density at radius 1 is 1.11 bits per heavy atom. The number of nitrogen functional groups attached to an aromatic ring is 1. The van der Waals surface area contributed by atoms with Gasteiger partial charge in [-0.1, -0.05) is 39.1 Å². The fraction of sp³-hybridized carbons (Fsp3) is 0. The predicted molar refractivity (Wildman–Crippen MR) is 78.3 cm³/mol. The monoisotopic (exact) mass is 348 g/mol. The summed E-state index contributed by atoms with van der Waals surface area (Å²) in [5.74, 6) is -0.632. The van der Waals surface area contributed by atoms with Crippen LogP contribution in [-0.2, 0) is 0 Å². The van der Waals surface area contributed by atoms with Gasteiger partial charge >= 0.3 is 0 Å². The molecule has 0 aliphatic carbocycles. The Morgan fingerprint density at radius 3 is 2.28 bits per heavy atom. The van der Waals surface area contributed by atoms with Crippen molar-refractivity contribution in [3.8, 4) is 0 Å². The van der Waals surface area contributed by atoms with E-state index in [1.807, 2.05) is 6.07 Å². The third-order valence-electron chi connectivity index (χ3n) is 2.28. The minimum atomic E-state index is -0.632. The Morgan fingerprint density at radius 2 is 1.72 bits per heavy atom. The third kappa shape index (κ3) is 2.88. The number of hydrogen-bond acceptors (Lipinski definition) is 2. The van der Waals surface area contributed by atoms with Crippen LogP contribution in [0.3, 0.4) is 0 Å². The van der Waals surface area contributed by atoms with Crippen LogP contribution in [-0.4, -0.2) is 0 Å². The van der Waals surface area contributed by atoms with Crippen molar-refractivity contribution < 1.29 is 4.39 Å². The molecule has 0 saturated carbocycles. The van der Waals surface area contributed by atoms with Crippen LogP contribution in [0.2, 0.25) is 10.0 Å². The maximum atomic E-state index is 13.3. The van der Waals surface area contributed by atoms with E-state index in [4.69, 9.17) is 28.9 Å². The molecule has 0 fully saturated rings. The molecule has 0 aromatic heterocycles. The van der Waals surface area contributed by atoms with Crippen LogP contribution in [0.5, 0.6) is 0 Å². The highest BCUT2D eigenvalue weighted by molar-refractivity contribution is 9.10. The molecule has 0 atom stereocenters. The van der Waals surface area contributed by atoms with E-state index in [0.29, 0.717) is 17.1 Å². The Balaban J connectivity index is 2.34. The molecule has 0 bridgehead atoms. The normalized spacial score (nSPS) is 10.4. The molecule has 0 radical (unpaired) electrons. The molecule has 94 valence electrons. The molecule has 2 aromatic rings. The van der Waals surface area contributed by atoms with Crippen LogP contribution in [0.1, 0.15) is 0 Å². The van der Waals surface area contributed by atoms with Crippen LogP contribution in [0.15, 0.2) is 34.8 Å². The maximum absolute atomic E-state index is 13.3. The van der Waals surface area contributed by atoms with Crippen LogP contribution in [0.25, 0.3) is 0 Å². The largest absolute Gasteiger partial charge is 0.397 e. The minimum Gasteiger partial charge on any atom is -0.397 e. The van der Waals surface area contributed by atoms with Gasteiger partial charge in [-0.2, -0.15) is 0 Å². The van der Waals surface area contributed by atoms with E-state index in [9.17, 15) is 4.39 Å². The second-order valence-corrected chi connectivity index (χ2v) is 5.34. The summed E-state index contributed by atoms with van der Waals surface area (Å²) in [6.07, 6.45) is 0. The average molecular weight is 350 g/mol. The lowest BCUT2D eigenvalue weighted by Crippen LogP contribution is -1.96. The van der Waals surface area contributed by atoms with E-state index in [1.54, 1.807) is 12.1 Å². The van der Waals surface area contributed by atoms with Gasteiger partial charge in [-0.05, 0) is 30.3 Å². The SMILES string of the molecule is Nc1cc(Br)ccc1Nc1cc(Cl)c(F)c(Cl)c1. The summed E-state index contributed by atoms with van der Waals surface area (Å²) in [7, 11) is 0. The standard InChI is InChI=1S/C12H8BrCl2FN2/c13-6-1-2-11(10(17)3-6)18-7-4-8(14)12(16)9(15)5-7/h1-5,18H,17H2. The van der Waals surface area contributed by atoms with Crippen molar-refractivity contribution in [3.05, 3.63) is 50.7 Å². The Hall–Kier alpha value is -0.970. The first-order valence-corrected chi connectivity index (χ1v) is 6.49. The molecule has 2 nitrogen and oxygen atoms in total. The number of benzene rings is 2. The second-order valence-electron chi connectivity index (χ2n) is 3.61. The first kappa shape index (κ1) is 13.5. The highest BCUT2D eigenvalue weighted by atomic mass is 79.9. The lowest BCUT2D eigenvalue weighted by molar-refractivity contribution is 0.629. The molecular formula is C12H8BrCl2FN2. The highest BCUT2D eigenvalue weighted by Gasteiger charge is 2.08. The van der Waals surface area contributed by atoms with Gasteiger partial charge in [0, 0.05) is 10.2 Å². The molecular weight excluding hydrogens is 342 g/mol. The quantitative estimate of drug-likeness (QED) is 0.576. The van der Waals surface area contributed by atoms with E-state index in [-0.39, 0.29) is 10.0 Å². The highest BCUT2D eigenvalue weighted by Crippen LogP contribution is 2.31. The van der Waals surface area contributed by atoms with Gasteiger partial charge in [0.15, 0.2) is 5.82 Å². The van der Waals surface area contributed by atoms with E-state index >= 15 is 0 Å². The van der Waals surface area contributed by atoms with E-state index in [2.05, 4.69) is 21.2 Å². The van der Waals surface area contributed by atoms with Crippen molar-refractivity contribution in [1.82, 2.24) is 0 Å². The number of rotatable bonds is 2. The summed E-state index contributed by atoms with van der Waals surface area (Å²) in [5, 5.41) is 2.94. The van der Waals surface area contributed by atoms with Gasteiger partial charge in [0.1, 0.15) is 0 Å². The molecule has 2 rings (SSSR count). The van der Waals surface area contributed by atoms with E-state index < -0.39 is 5.82 Å². The molecule has 0 amide bonds. The third-order valence-corrected chi connectivity index (χ3v) is 3.32. The first-order chi connectivity index (χ1) is 8.47. The van der Waals surface area contributed by atoms with Crippen molar-refractivity contribution in [2.45, 2.75) is 0 Å². The fourth-order valence-corrected chi connectivity index (χ4v) is 2.30. The summed E-state index contributed by atoms with van der Waals surface area (Å²) in [5.41, 5.74) is 7.66. The zero-order valence-electron chi connectivity index (χ0n) is 8.98. The van der Waals surface area contributed by atoms with Gasteiger partial charge in [-0.3, -0.25) is 0 Å². The topological polar surface area (TPSA) is 38.0 Å².